The van der Waals surface area contributed by atoms with E-state index in [-0.39, 0.29) is 0 Å². The maximum Gasteiger partial charge on any atom is 0.163 e. The summed E-state index contributed by atoms with van der Waals surface area (Å²) < 4.78 is 12.9. The van der Waals surface area contributed by atoms with Crippen molar-refractivity contribution in [2.75, 3.05) is 0 Å². The van der Waals surface area contributed by atoms with Crippen molar-refractivity contribution >= 4 is 54.8 Å². The Labute approximate surface area is 285 Å². The first-order valence-electron chi connectivity index (χ1n) is 16.6. The molecule has 0 aliphatic heterocycles. The number of benzene rings is 6. The zero-order valence-electron chi connectivity index (χ0n) is 27.0. The summed E-state index contributed by atoms with van der Waals surface area (Å²) in [5.74, 6) is 2.56. The largest absolute Gasteiger partial charge is 0.456 e. The zero-order chi connectivity index (χ0) is 33.2. The number of rotatable bonds is 5. The Hall–Kier alpha value is -6.73. The quantitative estimate of drug-likeness (QED) is 0.184. The molecule has 0 aliphatic carbocycles. The molecule has 0 atom stereocenters. The van der Waals surface area contributed by atoms with Gasteiger partial charge in [-0.15, -0.1) is 0 Å². The van der Waals surface area contributed by atoms with Crippen LogP contribution in [0, 0.1) is 6.92 Å². The summed E-state index contributed by atoms with van der Waals surface area (Å²) in [5, 5.41) is 5.18. The van der Waals surface area contributed by atoms with E-state index in [0.29, 0.717) is 23.9 Å². The van der Waals surface area contributed by atoms with Gasteiger partial charge in [0.05, 0.1) is 11.2 Å². The first-order chi connectivity index (χ1) is 24.7. The van der Waals surface area contributed by atoms with Gasteiger partial charge in [-0.1, -0.05) is 103 Å². The number of hydrogen-bond donors (Lipinski definition) is 0. The molecule has 7 heteroatoms. The predicted molar refractivity (Wildman–Crippen MR) is 198 cm³/mol. The van der Waals surface area contributed by atoms with Gasteiger partial charge in [0.25, 0.3) is 0 Å². The van der Waals surface area contributed by atoms with E-state index in [9.17, 15) is 0 Å². The van der Waals surface area contributed by atoms with Crippen LogP contribution < -0.4 is 0 Å². The molecule has 0 spiro atoms. The third-order valence-corrected chi connectivity index (χ3v) is 9.27. The lowest BCUT2D eigenvalue weighted by Crippen LogP contribution is -2.04. The lowest BCUT2D eigenvalue weighted by Gasteiger charge is -2.09. The fourth-order valence-corrected chi connectivity index (χ4v) is 7.02. The van der Waals surface area contributed by atoms with Gasteiger partial charge in [0.2, 0.25) is 0 Å². The summed E-state index contributed by atoms with van der Waals surface area (Å²) >= 11 is 0. The standard InChI is InChI=1S/C43H27N5O2/c1-25-44-34-18-7-5-15-31(34)40(45-25)32-16-10-20-36-39(32)33-17-9-13-27(41(33)50-36)24-38-46-42(26-11-3-2-4-12-26)48-43(47-38)28-21-22-30-29-14-6-8-19-35(29)49-37(30)23-28/h2-23H,24H2,1H3. The van der Waals surface area contributed by atoms with Gasteiger partial charge in [0.1, 0.15) is 34.0 Å². The van der Waals surface area contributed by atoms with Crippen molar-refractivity contribution in [3.63, 3.8) is 0 Å². The van der Waals surface area contributed by atoms with E-state index in [0.717, 1.165) is 88.6 Å². The molecule has 0 aliphatic rings. The first-order valence-corrected chi connectivity index (χ1v) is 16.6. The number of furan rings is 2. The molecular formula is C43H27N5O2. The summed E-state index contributed by atoms with van der Waals surface area (Å²) in [6.45, 7) is 1.93. The fourth-order valence-electron chi connectivity index (χ4n) is 7.02. The molecule has 0 amide bonds. The smallest absolute Gasteiger partial charge is 0.163 e. The number of aryl methyl sites for hydroxylation is 1. The highest BCUT2D eigenvalue weighted by atomic mass is 16.3. The van der Waals surface area contributed by atoms with Crippen molar-refractivity contribution in [1.29, 1.82) is 0 Å². The van der Waals surface area contributed by atoms with E-state index in [1.165, 1.54) is 0 Å². The van der Waals surface area contributed by atoms with Gasteiger partial charge < -0.3 is 8.83 Å². The number of fused-ring (bicyclic) bond motifs is 7. The highest BCUT2D eigenvalue weighted by Gasteiger charge is 2.20. The van der Waals surface area contributed by atoms with Crippen molar-refractivity contribution in [3.05, 3.63) is 151 Å². The molecule has 0 saturated heterocycles. The van der Waals surface area contributed by atoms with Crippen LogP contribution in [0.2, 0.25) is 0 Å². The maximum absolute atomic E-state index is 6.64. The predicted octanol–water partition coefficient (Wildman–Crippen LogP) is 10.5. The Kier molecular flexibility index (Phi) is 6.32. The topological polar surface area (TPSA) is 90.7 Å². The Balaban J connectivity index is 1.12. The van der Waals surface area contributed by atoms with Gasteiger partial charge >= 0.3 is 0 Å². The zero-order valence-corrected chi connectivity index (χ0v) is 27.0. The van der Waals surface area contributed by atoms with Crippen LogP contribution in [-0.2, 0) is 6.42 Å². The maximum atomic E-state index is 6.64. The van der Waals surface area contributed by atoms with Crippen molar-refractivity contribution < 1.29 is 8.83 Å². The average molecular weight is 646 g/mol. The SMILES string of the molecule is Cc1nc(-c2cccc3oc4c(Cc5nc(-c6ccccc6)nc(-c6ccc7c(c6)oc6ccccc67)n5)cccc4c23)c2ccccc2n1. The third kappa shape index (κ3) is 4.63. The van der Waals surface area contributed by atoms with Crippen LogP contribution in [0.1, 0.15) is 17.2 Å². The van der Waals surface area contributed by atoms with Crippen molar-refractivity contribution in [2.45, 2.75) is 13.3 Å². The van der Waals surface area contributed by atoms with Gasteiger partial charge in [-0.2, -0.15) is 0 Å². The molecule has 0 radical (unpaired) electrons. The van der Waals surface area contributed by atoms with Crippen molar-refractivity contribution in [2.24, 2.45) is 0 Å². The second-order valence-corrected chi connectivity index (χ2v) is 12.5. The molecule has 50 heavy (non-hydrogen) atoms. The molecule has 10 rings (SSSR count). The Bertz CT molecular complexity index is 2930. The lowest BCUT2D eigenvalue weighted by molar-refractivity contribution is 0.663. The molecule has 0 N–H and O–H groups in total. The van der Waals surface area contributed by atoms with Crippen LogP contribution in [0.5, 0.6) is 0 Å². The van der Waals surface area contributed by atoms with Crippen LogP contribution in [0.15, 0.2) is 142 Å². The lowest BCUT2D eigenvalue weighted by atomic mass is 9.99. The van der Waals surface area contributed by atoms with Crippen LogP contribution in [0.4, 0.5) is 0 Å². The number of aromatic nitrogens is 5. The Morgan fingerprint density at radius 2 is 1.22 bits per heavy atom. The van der Waals surface area contributed by atoms with Crippen LogP contribution in [0.25, 0.3) is 88.8 Å². The van der Waals surface area contributed by atoms with Crippen LogP contribution >= 0.6 is 0 Å². The van der Waals surface area contributed by atoms with Crippen molar-refractivity contribution in [1.82, 2.24) is 24.9 Å². The molecule has 7 nitrogen and oxygen atoms in total. The second kappa shape index (κ2) is 11.2. The molecule has 236 valence electrons. The van der Waals surface area contributed by atoms with Gasteiger partial charge in [-0.3, -0.25) is 0 Å². The first kappa shape index (κ1) is 28.3. The van der Waals surface area contributed by atoms with E-state index in [4.69, 9.17) is 28.8 Å². The molecule has 0 saturated carbocycles. The second-order valence-electron chi connectivity index (χ2n) is 12.5. The minimum atomic E-state index is 0.449. The van der Waals surface area contributed by atoms with Crippen LogP contribution in [0.3, 0.4) is 0 Å². The Morgan fingerprint density at radius 3 is 2.12 bits per heavy atom. The third-order valence-electron chi connectivity index (χ3n) is 9.27. The van der Waals surface area contributed by atoms with Gasteiger partial charge in [0.15, 0.2) is 11.6 Å². The number of nitrogens with zero attached hydrogens (tertiary/aromatic N) is 5. The fraction of sp³-hybridized carbons (Fsp3) is 0.0465. The van der Waals surface area contributed by atoms with Gasteiger partial charge in [-0.05, 0) is 37.3 Å². The highest BCUT2D eigenvalue weighted by molar-refractivity contribution is 6.15. The molecule has 4 aromatic heterocycles. The Morgan fingerprint density at radius 1 is 0.500 bits per heavy atom. The van der Waals surface area contributed by atoms with Crippen molar-refractivity contribution in [3.8, 4) is 34.0 Å². The van der Waals surface area contributed by atoms with E-state index < -0.39 is 0 Å². The van der Waals surface area contributed by atoms with Crippen LogP contribution in [-0.4, -0.2) is 24.9 Å². The molecular weight excluding hydrogens is 619 g/mol. The summed E-state index contributed by atoms with van der Waals surface area (Å²) in [6, 6.07) is 44.8. The highest BCUT2D eigenvalue weighted by Crippen LogP contribution is 2.40. The monoisotopic (exact) mass is 645 g/mol. The van der Waals surface area contributed by atoms with E-state index in [1.807, 2.05) is 91.9 Å². The molecule has 0 bridgehead atoms. The summed E-state index contributed by atoms with van der Waals surface area (Å²) in [4.78, 5) is 24.6. The molecule has 10 aromatic rings. The van der Waals surface area contributed by atoms with E-state index in [2.05, 4.69) is 53.5 Å². The van der Waals surface area contributed by atoms with E-state index in [1.54, 1.807) is 0 Å². The molecule has 0 unspecified atom stereocenters. The summed E-state index contributed by atoms with van der Waals surface area (Å²) in [7, 11) is 0. The normalized spacial score (nSPS) is 11.8. The minimum Gasteiger partial charge on any atom is -0.456 e. The molecule has 6 aromatic carbocycles. The summed E-state index contributed by atoms with van der Waals surface area (Å²) in [6.07, 6.45) is 0.449. The van der Waals surface area contributed by atoms with Gasteiger partial charge in [-0.25, -0.2) is 24.9 Å². The number of para-hydroxylation sites is 3. The van der Waals surface area contributed by atoms with Gasteiger partial charge in [0, 0.05) is 55.6 Å². The molecule has 0 fully saturated rings. The minimum absolute atomic E-state index is 0.449. The summed E-state index contributed by atoms with van der Waals surface area (Å²) in [5.41, 5.74) is 8.82. The molecule has 4 heterocycles. The van der Waals surface area contributed by atoms with E-state index >= 15 is 0 Å². The average Bonchev–Trinajstić information content (AvgIpc) is 3.73. The number of hydrogen-bond acceptors (Lipinski definition) is 7.